The van der Waals surface area contributed by atoms with Gasteiger partial charge >= 0.3 is 0 Å². The van der Waals surface area contributed by atoms with E-state index in [-0.39, 0.29) is 45.7 Å². The Morgan fingerprint density at radius 2 is 1.13 bits per heavy atom. The summed E-state index contributed by atoms with van der Waals surface area (Å²) in [6.07, 6.45) is -15.2. The second-order valence-corrected chi connectivity index (χ2v) is 13.3. The molecule has 7 rings (SSSR count). The predicted molar refractivity (Wildman–Crippen MR) is 176 cm³/mol. The summed E-state index contributed by atoms with van der Waals surface area (Å²) in [7, 11) is 0. The van der Waals surface area contributed by atoms with E-state index in [1.807, 2.05) is 0 Å². The van der Waals surface area contributed by atoms with E-state index in [0.29, 0.717) is 0 Å². The van der Waals surface area contributed by atoms with Gasteiger partial charge in [0.25, 0.3) is 0 Å². The van der Waals surface area contributed by atoms with Crippen molar-refractivity contribution in [2.24, 2.45) is 0 Å². The monoisotopic (exact) mass is 740 g/mol. The first-order chi connectivity index (χ1) is 25.1. The van der Waals surface area contributed by atoms with Gasteiger partial charge in [-0.1, -0.05) is 12.1 Å². The van der Waals surface area contributed by atoms with E-state index >= 15 is 0 Å². The largest absolute Gasteiger partial charge is 0.507 e. The van der Waals surface area contributed by atoms with Crippen molar-refractivity contribution in [2.75, 3.05) is 6.61 Å². The van der Waals surface area contributed by atoms with Gasteiger partial charge in [-0.05, 0) is 35.4 Å². The molecule has 17 heteroatoms. The first-order valence-corrected chi connectivity index (χ1v) is 16.3. The average Bonchev–Trinajstić information content (AvgIpc) is 3.11. The van der Waals surface area contributed by atoms with Crippen molar-refractivity contribution in [2.45, 2.75) is 67.3 Å². The Bertz CT molecular complexity index is 2070. The molecule has 14 N–H and O–H groups in total. The number of benzene rings is 4. The number of rotatable bonds is 5. The zero-order chi connectivity index (χ0) is 38.2. The topological polar surface area (TPSA) is 311 Å². The highest BCUT2D eigenvalue weighted by Gasteiger charge is 2.50. The molecule has 0 aromatic heterocycles. The van der Waals surface area contributed by atoms with Gasteiger partial charge in [-0.25, -0.2) is 0 Å². The second-order valence-electron chi connectivity index (χ2n) is 13.3. The van der Waals surface area contributed by atoms with Crippen molar-refractivity contribution in [3.8, 4) is 57.5 Å². The molecule has 3 aliphatic heterocycles. The van der Waals surface area contributed by atoms with E-state index in [1.54, 1.807) is 0 Å². The molecule has 0 unspecified atom stereocenters. The zero-order valence-corrected chi connectivity index (χ0v) is 27.3. The highest BCUT2D eigenvalue weighted by molar-refractivity contribution is 5.68. The molecule has 0 amide bonds. The molecular weight excluding hydrogens is 704 g/mol. The molecule has 0 saturated carbocycles. The number of fused-ring (bicyclic) bond motifs is 2. The SMILES string of the molecule is OC[C@@H]1O[C@@H](c2c(O)cc3c(c2O)[C@@H](c2c(O)cc(O)c4c2O[C@H](c2ccc(O)c(O)c2)[C@H](O)C4)[C@@H](O)[C@@H](c2ccc(O)c(O)c2)O3)[C@@H](O)[C@@H](O)[C@@H]1O. The van der Waals surface area contributed by atoms with Crippen LogP contribution in [0.1, 0.15) is 57.6 Å². The third kappa shape index (κ3) is 5.78. The van der Waals surface area contributed by atoms with Crippen LogP contribution in [0.5, 0.6) is 57.5 Å². The lowest BCUT2D eigenvalue weighted by molar-refractivity contribution is -0.232. The molecule has 1 saturated heterocycles. The average molecular weight is 741 g/mol. The summed E-state index contributed by atoms with van der Waals surface area (Å²) >= 11 is 0. The Hall–Kier alpha value is -5.40. The van der Waals surface area contributed by atoms with Gasteiger partial charge in [0.1, 0.15) is 77.2 Å². The van der Waals surface area contributed by atoms with Crippen molar-refractivity contribution in [1.82, 2.24) is 0 Å². The normalized spacial score (nSPS) is 29.4. The van der Waals surface area contributed by atoms with Crippen LogP contribution in [0.25, 0.3) is 0 Å². The van der Waals surface area contributed by atoms with Gasteiger partial charge in [0.15, 0.2) is 29.1 Å². The maximum atomic E-state index is 12.2. The summed E-state index contributed by atoms with van der Waals surface area (Å²) in [4.78, 5) is 0. The maximum absolute atomic E-state index is 12.2. The molecule has 0 aliphatic carbocycles. The summed E-state index contributed by atoms with van der Waals surface area (Å²) < 4.78 is 17.9. The summed E-state index contributed by atoms with van der Waals surface area (Å²) in [5, 5.41) is 151. The van der Waals surface area contributed by atoms with Crippen molar-refractivity contribution < 1.29 is 85.7 Å². The minimum atomic E-state index is -1.98. The van der Waals surface area contributed by atoms with Gasteiger partial charge < -0.3 is 85.7 Å². The number of hydrogen-bond acceptors (Lipinski definition) is 17. The lowest BCUT2D eigenvalue weighted by atomic mass is 9.76. The fraction of sp³-hybridized carbons (Fsp3) is 0.333. The summed E-state index contributed by atoms with van der Waals surface area (Å²) in [6.45, 7) is -0.837. The quantitative estimate of drug-likeness (QED) is 0.124. The van der Waals surface area contributed by atoms with Crippen LogP contribution in [0.2, 0.25) is 0 Å². The van der Waals surface area contributed by atoms with Crippen molar-refractivity contribution in [3.05, 3.63) is 81.9 Å². The van der Waals surface area contributed by atoms with Crippen LogP contribution in [-0.4, -0.2) is 115 Å². The van der Waals surface area contributed by atoms with Crippen LogP contribution in [0, 0.1) is 0 Å². The molecule has 1 fully saturated rings. The minimum absolute atomic E-state index is 0.0453. The van der Waals surface area contributed by atoms with Gasteiger partial charge in [-0.15, -0.1) is 0 Å². The highest BCUT2D eigenvalue weighted by atomic mass is 16.5. The van der Waals surface area contributed by atoms with E-state index in [9.17, 15) is 71.5 Å². The Morgan fingerprint density at radius 3 is 1.74 bits per heavy atom. The molecular formula is C36H36O17. The summed E-state index contributed by atoms with van der Waals surface area (Å²) in [5.41, 5.74) is -1.02. The summed E-state index contributed by atoms with van der Waals surface area (Å²) in [6, 6.07) is 9.03. The van der Waals surface area contributed by atoms with Gasteiger partial charge in [0.05, 0.1) is 24.2 Å². The third-order valence-electron chi connectivity index (χ3n) is 10.1. The van der Waals surface area contributed by atoms with Crippen molar-refractivity contribution in [1.29, 1.82) is 0 Å². The van der Waals surface area contributed by atoms with Gasteiger partial charge in [0, 0.05) is 35.2 Å². The number of ether oxygens (including phenoxy) is 3. The number of hydrogen-bond donors (Lipinski definition) is 14. The molecule has 17 nitrogen and oxygen atoms in total. The lowest BCUT2D eigenvalue weighted by Gasteiger charge is -2.42. The minimum Gasteiger partial charge on any atom is -0.507 e. The Balaban J connectivity index is 1.46. The molecule has 282 valence electrons. The number of phenolic OH excluding ortho intramolecular Hbond substituents is 8. The van der Waals surface area contributed by atoms with Crippen molar-refractivity contribution >= 4 is 0 Å². The van der Waals surface area contributed by atoms with Crippen LogP contribution in [0.4, 0.5) is 0 Å². The van der Waals surface area contributed by atoms with E-state index in [2.05, 4.69) is 0 Å². The maximum Gasteiger partial charge on any atom is 0.157 e. The fourth-order valence-electron chi connectivity index (χ4n) is 7.38. The van der Waals surface area contributed by atoms with Crippen LogP contribution in [-0.2, 0) is 11.2 Å². The van der Waals surface area contributed by atoms with Gasteiger partial charge in [-0.2, -0.15) is 0 Å². The standard InChI is InChI=1S/C36H36O17/c37-10-23-28(46)31(49)32(50)36(52-23)25-20(44)9-22-26(29(25)47)27(30(48)34(51-22)12-2-4-15(39)18(42)6-12)24-19(43)8-16(40)13-7-21(45)33(53-35(13)24)11-1-3-14(38)17(41)5-11/h1-6,8-9,21,23,27-28,30-34,36-50H,7,10H2/t21-,23+,27-,28-,30-,31+,32+,33-,34-,36+/m1/s1. The molecule has 0 bridgehead atoms. The van der Waals surface area contributed by atoms with Crippen LogP contribution >= 0.6 is 0 Å². The molecule has 4 aromatic rings. The van der Waals surface area contributed by atoms with Crippen molar-refractivity contribution in [3.63, 3.8) is 0 Å². The van der Waals surface area contributed by atoms with Crippen LogP contribution in [0.3, 0.4) is 0 Å². The smallest absolute Gasteiger partial charge is 0.157 e. The number of aliphatic hydroxyl groups is 6. The first-order valence-electron chi connectivity index (χ1n) is 16.3. The Kier molecular flexibility index (Phi) is 8.98. The molecule has 0 spiro atoms. The zero-order valence-electron chi connectivity index (χ0n) is 27.3. The predicted octanol–water partition coefficient (Wildman–Crippen LogP) is 0.510. The number of aromatic hydroxyl groups is 8. The summed E-state index contributed by atoms with van der Waals surface area (Å²) in [5.74, 6) is -7.22. The second kappa shape index (κ2) is 13.2. The fourth-order valence-corrected chi connectivity index (χ4v) is 7.38. The van der Waals surface area contributed by atoms with E-state index in [4.69, 9.17) is 14.2 Å². The highest BCUT2D eigenvalue weighted by Crippen LogP contribution is 2.59. The molecule has 53 heavy (non-hydrogen) atoms. The first kappa shape index (κ1) is 36.0. The molecule has 10 atom stereocenters. The number of aliphatic hydroxyl groups excluding tert-OH is 6. The molecule has 3 aliphatic rings. The Labute approximate surface area is 298 Å². The number of phenols is 8. The molecule has 3 heterocycles. The van der Waals surface area contributed by atoms with Crippen LogP contribution in [0.15, 0.2) is 48.5 Å². The van der Waals surface area contributed by atoms with E-state index in [0.717, 1.165) is 36.4 Å². The molecule has 0 radical (unpaired) electrons. The Morgan fingerprint density at radius 1 is 0.528 bits per heavy atom. The third-order valence-corrected chi connectivity index (χ3v) is 10.1. The van der Waals surface area contributed by atoms with E-state index in [1.165, 1.54) is 12.1 Å². The van der Waals surface area contributed by atoms with Gasteiger partial charge in [-0.3, -0.25) is 0 Å². The lowest BCUT2D eigenvalue weighted by Crippen LogP contribution is -2.55. The van der Waals surface area contributed by atoms with E-state index < -0.39 is 119 Å². The molecule has 4 aromatic carbocycles. The van der Waals surface area contributed by atoms with Gasteiger partial charge in [0.2, 0.25) is 0 Å². The van der Waals surface area contributed by atoms with Crippen LogP contribution < -0.4 is 9.47 Å².